The molecule has 1 heteroatoms. The zero-order chi connectivity index (χ0) is 13.5. The summed E-state index contributed by atoms with van der Waals surface area (Å²) < 4.78 is 0. The first kappa shape index (κ1) is 13.6. The minimum absolute atomic E-state index is 0.280. The van der Waals surface area contributed by atoms with Crippen LogP contribution in [0.15, 0.2) is 73.3 Å². The van der Waals surface area contributed by atoms with Gasteiger partial charge in [0.2, 0.25) is 0 Å². The van der Waals surface area contributed by atoms with Gasteiger partial charge in [0, 0.05) is 12.6 Å². The summed E-state index contributed by atoms with van der Waals surface area (Å²) >= 11 is 0. The van der Waals surface area contributed by atoms with E-state index in [1.54, 1.807) is 0 Å². The topological polar surface area (TPSA) is 12.0 Å². The molecule has 0 fully saturated rings. The fraction of sp³-hybridized carbons (Fsp3) is 0.222. The normalized spacial score (nSPS) is 13.7. The van der Waals surface area contributed by atoms with Crippen molar-refractivity contribution in [3.8, 4) is 0 Å². The van der Waals surface area contributed by atoms with Crippen LogP contribution in [0.2, 0.25) is 0 Å². The van der Waals surface area contributed by atoms with Crippen LogP contribution >= 0.6 is 0 Å². The molecular weight excluding hydrogens is 230 g/mol. The summed E-state index contributed by atoms with van der Waals surface area (Å²) in [4.78, 5) is 0. The van der Waals surface area contributed by atoms with Crippen molar-refractivity contribution in [2.24, 2.45) is 0 Å². The molecule has 2 aromatic carbocycles. The van der Waals surface area contributed by atoms with Crippen molar-refractivity contribution in [2.75, 3.05) is 0 Å². The van der Waals surface area contributed by atoms with E-state index < -0.39 is 0 Å². The first-order valence-electron chi connectivity index (χ1n) is 6.76. The molecule has 2 rings (SSSR count). The molecule has 0 amide bonds. The second-order valence-electron chi connectivity index (χ2n) is 4.83. The van der Waals surface area contributed by atoms with E-state index in [9.17, 15) is 0 Å². The summed E-state index contributed by atoms with van der Waals surface area (Å²) in [7, 11) is 0. The highest BCUT2D eigenvalue weighted by Gasteiger charge is 2.14. The average molecular weight is 251 g/mol. The van der Waals surface area contributed by atoms with Crippen molar-refractivity contribution >= 4 is 0 Å². The van der Waals surface area contributed by atoms with Crippen molar-refractivity contribution in [1.29, 1.82) is 0 Å². The molecule has 98 valence electrons. The molecule has 2 aromatic rings. The highest BCUT2D eigenvalue weighted by atomic mass is 14.9. The highest BCUT2D eigenvalue weighted by Crippen LogP contribution is 2.19. The van der Waals surface area contributed by atoms with E-state index in [1.807, 2.05) is 12.1 Å². The number of hydrogen-bond donors (Lipinski definition) is 1. The first-order valence-corrected chi connectivity index (χ1v) is 6.76. The maximum absolute atomic E-state index is 3.96. The van der Waals surface area contributed by atoms with Gasteiger partial charge in [-0.2, -0.15) is 0 Å². The van der Waals surface area contributed by atoms with Gasteiger partial charge < -0.3 is 5.32 Å². The van der Waals surface area contributed by atoms with Crippen molar-refractivity contribution in [3.63, 3.8) is 0 Å². The van der Waals surface area contributed by atoms with Crippen LogP contribution in [-0.4, -0.2) is 6.04 Å². The van der Waals surface area contributed by atoms with Crippen LogP contribution in [0.5, 0.6) is 0 Å². The van der Waals surface area contributed by atoms with Crippen LogP contribution in [0, 0.1) is 0 Å². The molecular formula is C18H21N. The minimum Gasteiger partial charge on any atom is -0.306 e. The predicted molar refractivity (Wildman–Crippen MR) is 82.1 cm³/mol. The van der Waals surface area contributed by atoms with Crippen molar-refractivity contribution < 1.29 is 0 Å². The van der Waals surface area contributed by atoms with Crippen LogP contribution in [0.4, 0.5) is 0 Å². The third-order valence-electron chi connectivity index (χ3n) is 3.50. The molecule has 19 heavy (non-hydrogen) atoms. The van der Waals surface area contributed by atoms with Gasteiger partial charge in [0.05, 0.1) is 0 Å². The van der Waals surface area contributed by atoms with Gasteiger partial charge >= 0.3 is 0 Å². The van der Waals surface area contributed by atoms with E-state index in [-0.39, 0.29) is 6.04 Å². The van der Waals surface area contributed by atoms with Crippen LogP contribution in [-0.2, 0) is 6.54 Å². The number of benzene rings is 2. The fourth-order valence-electron chi connectivity index (χ4n) is 2.26. The van der Waals surface area contributed by atoms with E-state index >= 15 is 0 Å². The zero-order valence-corrected chi connectivity index (χ0v) is 11.4. The Kier molecular flexibility index (Phi) is 4.93. The van der Waals surface area contributed by atoms with Gasteiger partial charge in [-0.3, -0.25) is 0 Å². The Morgan fingerprint density at radius 1 is 1.00 bits per heavy atom. The number of rotatable bonds is 6. The molecule has 0 aliphatic heterocycles. The van der Waals surface area contributed by atoms with Crippen LogP contribution < -0.4 is 5.32 Å². The molecule has 0 aliphatic rings. The Hall–Kier alpha value is -1.86. The van der Waals surface area contributed by atoms with Gasteiger partial charge in [-0.1, -0.05) is 73.7 Å². The monoisotopic (exact) mass is 251 g/mol. The van der Waals surface area contributed by atoms with Gasteiger partial charge in [-0.15, -0.1) is 6.58 Å². The molecule has 0 heterocycles. The third kappa shape index (κ3) is 3.80. The molecule has 2 atom stereocenters. The summed E-state index contributed by atoms with van der Waals surface area (Å²) in [5.41, 5.74) is 2.64. The summed E-state index contributed by atoms with van der Waals surface area (Å²) in [5, 5.41) is 3.57. The lowest BCUT2D eigenvalue weighted by atomic mass is 9.93. The molecule has 0 saturated carbocycles. The van der Waals surface area contributed by atoms with Crippen molar-refractivity contribution in [2.45, 2.75) is 25.4 Å². The summed E-state index contributed by atoms with van der Waals surface area (Å²) in [6.45, 7) is 7.06. The number of nitrogens with one attached hydrogen (secondary N) is 1. The molecule has 0 spiro atoms. The van der Waals surface area contributed by atoms with Crippen molar-refractivity contribution in [3.05, 3.63) is 84.4 Å². The molecule has 1 nitrogen and oxygen atoms in total. The Labute approximate surface area is 116 Å². The third-order valence-corrected chi connectivity index (χ3v) is 3.50. The lowest BCUT2D eigenvalue weighted by Gasteiger charge is -2.22. The Bertz CT molecular complexity index is 490. The predicted octanol–water partition coefficient (Wildman–Crippen LogP) is 4.13. The molecule has 0 saturated heterocycles. The Morgan fingerprint density at radius 2 is 1.58 bits per heavy atom. The maximum atomic E-state index is 3.96. The van der Waals surface area contributed by atoms with E-state index in [0.29, 0.717) is 5.92 Å². The molecule has 0 aliphatic carbocycles. The highest BCUT2D eigenvalue weighted by molar-refractivity contribution is 5.22. The summed E-state index contributed by atoms with van der Waals surface area (Å²) in [6.07, 6.45) is 2.00. The molecule has 0 unspecified atom stereocenters. The van der Waals surface area contributed by atoms with Crippen LogP contribution in [0.25, 0.3) is 0 Å². The fourth-order valence-corrected chi connectivity index (χ4v) is 2.26. The van der Waals surface area contributed by atoms with Gasteiger partial charge in [0.15, 0.2) is 0 Å². The Balaban J connectivity index is 1.99. The summed E-state index contributed by atoms with van der Waals surface area (Å²) in [5.74, 6) is 0.419. The molecule has 0 aromatic heterocycles. The van der Waals surface area contributed by atoms with Crippen molar-refractivity contribution in [1.82, 2.24) is 5.32 Å². The van der Waals surface area contributed by atoms with E-state index in [4.69, 9.17) is 0 Å². The van der Waals surface area contributed by atoms with Gasteiger partial charge in [0.25, 0.3) is 0 Å². The average Bonchev–Trinajstić information content (AvgIpc) is 2.49. The van der Waals surface area contributed by atoms with Gasteiger partial charge in [-0.05, 0) is 17.0 Å². The smallest absolute Gasteiger partial charge is 0.0316 e. The van der Waals surface area contributed by atoms with Crippen LogP contribution in [0.3, 0.4) is 0 Å². The lowest BCUT2D eigenvalue weighted by molar-refractivity contribution is 0.522. The minimum atomic E-state index is 0.280. The van der Waals surface area contributed by atoms with Crippen LogP contribution in [0.1, 0.15) is 24.0 Å². The van der Waals surface area contributed by atoms with E-state index in [2.05, 4.69) is 73.4 Å². The zero-order valence-electron chi connectivity index (χ0n) is 11.4. The summed E-state index contributed by atoms with van der Waals surface area (Å²) in [6, 6.07) is 21.3. The second kappa shape index (κ2) is 6.91. The van der Waals surface area contributed by atoms with Gasteiger partial charge in [-0.25, -0.2) is 0 Å². The van der Waals surface area contributed by atoms with Gasteiger partial charge in [0.1, 0.15) is 0 Å². The standard InChI is InChI=1S/C18H21N/c1-3-18(15(2)17-12-8-5-9-13-17)19-14-16-10-6-4-7-11-16/h3-13,15,18-19H,1,14H2,2H3/t15-,18+/m0/s1. The largest absolute Gasteiger partial charge is 0.306 e. The first-order chi connectivity index (χ1) is 9.31. The SMILES string of the molecule is C=C[C@@H](NCc1ccccc1)[C@@H](C)c1ccccc1. The number of hydrogen-bond acceptors (Lipinski definition) is 1. The maximum Gasteiger partial charge on any atom is 0.0316 e. The quantitative estimate of drug-likeness (QED) is 0.761. The molecule has 1 N–H and O–H groups in total. The van der Waals surface area contributed by atoms with E-state index in [1.165, 1.54) is 11.1 Å². The Morgan fingerprint density at radius 3 is 2.16 bits per heavy atom. The lowest BCUT2D eigenvalue weighted by Crippen LogP contribution is -2.31. The van der Waals surface area contributed by atoms with E-state index in [0.717, 1.165) is 6.54 Å². The molecule has 0 radical (unpaired) electrons. The second-order valence-corrected chi connectivity index (χ2v) is 4.83. The molecule has 0 bridgehead atoms.